The van der Waals surface area contributed by atoms with Gasteiger partial charge in [-0.1, -0.05) is 12.1 Å². The standard InChI is InChI=1S/C15H21N3O4S/c1-15(2)12(14(21)22)18-10(23-15)7-17-13(20)11(16)8-3-5-9(19)6-4-8/h3-6,10-12,18-19H,7,16H2,1-2H3,(H,17,20)(H,21,22)/t10-,11-,12+/m1/s1. The van der Waals surface area contributed by atoms with Gasteiger partial charge in [0.05, 0.1) is 5.37 Å². The van der Waals surface area contributed by atoms with Crippen molar-refractivity contribution in [2.45, 2.75) is 36.1 Å². The number of phenolic OH excluding ortho intramolecular Hbond substituents is 1. The lowest BCUT2D eigenvalue weighted by Gasteiger charge is -2.20. The number of phenols is 1. The van der Waals surface area contributed by atoms with Gasteiger partial charge in [-0.15, -0.1) is 11.8 Å². The van der Waals surface area contributed by atoms with Crippen LogP contribution >= 0.6 is 11.8 Å². The number of aromatic hydroxyl groups is 1. The maximum Gasteiger partial charge on any atom is 0.322 e. The molecule has 0 aliphatic carbocycles. The quantitative estimate of drug-likeness (QED) is 0.526. The summed E-state index contributed by atoms with van der Waals surface area (Å²) in [5, 5.41) is 24.0. The van der Waals surface area contributed by atoms with Gasteiger partial charge in [-0.05, 0) is 31.5 Å². The number of carbonyl (C=O) groups is 2. The molecule has 0 spiro atoms. The predicted molar refractivity (Wildman–Crippen MR) is 88.1 cm³/mol. The molecule has 1 saturated heterocycles. The van der Waals surface area contributed by atoms with Crippen molar-refractivity contribution in [2.75, 3.05) is 6.54 Å². The molecule has 2 rings (SSSR count). The van der Waals surface area contributed by atoms with Crippen LogP contribution in [-0.2, 0) is 9.59 Å². The van der Waals surface area contributed by atoms with Gasteiger partial charge in [-0.3, -0.25) is 14.9 Å². The summed E-state index contributed by atoms with van der Waals surface area (Å²) in [5.41, 5.74) is 6.48. The van der Waals surface area contributed by atoms with Crippen LogP contribution in [-0.4, -0.2) is 44.8 Å². The van der Waals surface area contributed by atoms with Crippen molar-refractivity contribution in [1.29, 1.82) is 0 Å². The molecule has 8 heteroatoms. The number of aliphatic carboxylic acids is 1. The molecule has 1 aliphatic heterocycles. The number of nitrogens with two attached hydrogens (primary N) is 1. The fourth-order valence-electron chi connectivity index (χ4n) is 2.46. The molecule has 1 fully saturated rings. The largest absolute Gasteiger partial charge is 0.508 e. The van der Waals surface area contributed by atoms with E-state index in [1.165, 1.54) is 23.9 Å². The SMILES string of the molecule is CC1(C)S[C@H](CNC(=O)[C@H](N)c2ccc(O)cc2)N[C@H]1C(=O)O. The number of rotatable bonds is 5. The van der Waals surface area contributed by atoms with Gasteiger partial charge in [0.25, 0.3) is 0 Å². The van der Waals surface area contributed by atoms with Gasteiger partial charge >= 0.3 is 5.97 Å². The predicted octanol–water partition coefficient (Wildman–Crippen LogP) is 0.403. The number of benzene rings is 1. The van der Waals surface area contributed by atoms with Gasteiger partial charge in [-0.25, -0.2) is 0 Å². The highest BCUT2D eigenvalue weighted by molar-refractivity contribution is 8.01. The minimum absolute atomic E-state index is 0.106. The van der Waals surface area contributed by atoms with Crippen molar-refractivity contribution in [3.63, 3.8) is 0 Å². The van der Waals surface area contributed by atoms with Crippen molar-refractivity contribution in [1.82, 2.24) is 10.6 Å². The van der Waals surface area contributed by atoms with E-state index in [2.05, 4.69) is 10.6 Å². The smallest absolute Gasteiger partial charge is 0.322 e. The minimum Gasteiger partial charge on any atom is -0.508 e. The van der Waals surface area contributed by atoms with Crippen LogP contribution in [0, 0.1) is 0 Å². The molecule has 126 valence electrons. The van der Waals surface area contributed by atoms with Crippen molar-refractivity contribution in [2.24, 2.45) is 5.73 Å². The van der Waals surface area contributed by atoms with Gasteiger partial charge in [-0.2, -0.15) is 0 Å². The molecule has 0 bridgehead atoms. The van der Waals surface area contributed by atoms with E-state index in [4.69, 9.17) is 5.73 Å². The van der Waals surface area contributed by atoms with E-state index in [1.54, 1.807) is 12.1 Å². The molecule has 1 amide bonds. The van der Waals surface area contributed by atoms with E-state index in [-0.39, 0.29) is 23.6 Å². The third-order valence-corrected chi connectivity index (χ3v) is 5.17. The first kappa shape index (κ1) is 17.6. The Kier molecular flexibility index (Phi) is 5.18. The lowest BCUT2D eigenvalue weighted by atomic mass is 10.0. The van der Waals surface area contributed by atoms with Crippen LogP contribution in [0.15, 0.2) is 24.3 Å². The normalized spacial score (nSPS) is 24.1. The molecule has 7 nitrogen and oxygen atoms in total. The molecule has 3 atom stereocenters. The first-order valence-electron chi connectivity index (χ1n) is 7.19. The molecule has 1 heterocycles. The molecule has 6 N–H and O–H groups in total. The fourth-order valence-corrected chi connectivity index (χ4v) is 3.87. The summed E-state index contributed by atoms with van der Waals surface area (Å²) in [4.78, 5) is 23.3. The molecule has 23 heavy (non-hydrogen) atoms. The number of nitrogens with one attached hydrogen (secondary N) is 2. The average Bonchev–Trinajstić information content (AvgIpc) is 2.80. The maximum atomic E-state index is 12.1. The van der Waals surface area contributed by atoms with Crippen molar-refractivity contribution in [3.8, 4) is 5.75 Å². The number of carboxylic acids is 1. The van der Waals surface area contributed by atoms with Crippen molar-refractivity contribution < 1.29 is 19.8 Å². The Hall–Kier alpha value is -1.77. The summed E-state index contributed by atoms with van der Waals surface area (Å²) in [6.45, 7) is 3.99. The van der Waals surface area contributed by atoms with E-state index >= 15 is 0 Å². The lowest BCUT2D eigenvalue weighted by Crippen LogP contribution is -2.47. The Morgan fingerprint density at radius 1 is 1.39 bits per heavy atom. The van der Waals surface area contributed by atoms with E-state index in [0.29, 0.717) is 5.56 Å². The zero-order valence-electron chi connectivity index (χ0n) is 12.9. The number of carbonyl (C=O) groups excluding carboxylic acids is 1. The fraction of sp³-hybridized carbons (Fsp3) is 0.467. The minimum atomic E-state index is -0.905. The van der Waals surface area contributed by atoms with E-state index in [1.807, 2.05) is 13.8 Å². The zero-order chi connectivity index (χ0) is 17.2. The Balaban J connectivity index is 1.90. The third-order valence-electron chi connectivity index (χ3n) is 3.74. The summed E-state index contributed by atoms with van der Waals surface area (Å²) < 4.78 is -0.458. The summed E-state index contributed by atoms with van der Waals surface area (Å²) in [5.74, 6) is -1.15. The average molecular weight is 339 g/mol. The highest BCUT2D eigenvalue weighted by Crippen LogP contribution is 2.37. The van der Waals surface area contributed by atoms with Crippen LogP contribution < -0.4 is 16.4 Å². The Bertz CT molecular complexity index is 591. The maximum absolute atomic E-state index is 12.1. The molecular formula is C15H21N3O4S. The number of carboxylic acid groups (broad SMARTS) is 1. The lowest BCUT2D eigenvalue weighted by molar-refractivity contribution is -0.139. The zero-order valence-corrected chi connectivity index (χ0v) is 13.8. The Labute approximate surface area is 138 Å². The third kappa shape index (κ3) is 4.15. The van der Waals surface area contributed by atoms with Crippen LogP contribution in [0.4, 0.5) is 0 Å². The number of amides is 1. The number of thioether (sulfide) groups is 1. The van der Waals surface area contributed by atoms with Crippen LogP contribution in [0.5, 0.6) is 5.75 Å². The second-order valence-corrected chi connectivity index (χ2v) is 7.82. The van der Waals surface area contributed by atoms with Gasteiger partial charge in [0, 0.05) is 11.3 Å². The first-order valence-corrected chi connectivity index (χ1v) is 8.07. The van der Waals surface area contributed by atoms with E-state index in [9.17, 15) is 19.8 Å². The van der Waals surface area contributed by atoms with E-state index in [0.717, 1.165) is 0 Å². The monoisotopic (exact) mass is 339 g/mol. The van der Waals surface area contributed by atoms with Crippen LogP contribution in [0.25, 0.3) is 0 Å². The molecule has 1 aliphatic rings. The molecule has 1 aromatic carbocycles. The summed E-state index contributed by atoms with van der Waals surface area (Å²) in [6, 6.07) is 4.61. The summed E-state index contributed by atoms with van der Waals surface area (Å²) in [7, 11) is 0. The van der Waals surface area contributed by atoms with Gasteiger partial charge < -0.3 is 21.3 Å². The van der Waals surface area contributed by atoms with Gasteiger partial charge in [0.2, 0.25) is 5.91 Å². The molecule has 0 saturated carbocycles. The van der Waals surface area contributed by atoms with Gasteiger partial charge in [0.15, 0.2) is 0 Å². The molecule has 1 aromatic rings. The second kappa shape index (κ2) is 6.77. The van der Waals surface area contributed by atoms with Crippen molar-refractivity contribution >= 4 is 23.6 Å². The first-order chi connectivity index (χ1) is 10.7. The molecule has 0 unspecified atom stereocenters. The van der Waals surface area contributed by atoms with Crippen LogP contribution in [0.2, 0.25) is 0 Å². The molecular weight excluding hydrogens is 318 g/mol. The highest BCUT2D eigenvalue weighted by Gasteiger charge is 2.45. The topological polar surface area (TPSA) is 125 Å². The van der Waals surface area contributed by atoms with Crippen molar-refractivity contribution in [3.05, 3.63) is 29.8 Å². The number of hydrogen-bond acceptors (Lipinski definition) is 6. The summed E-state index contributed by atoms with van der Waals surface area (Å²) >= 11 is 1.48. The van der Waals surface area contributed by atoms with Crippen LogP contribution in [0.3, 0.4) is 0 Å². The Morgan fingerprint density at radius 3 is 2.52 bits per heavy atom. The van der Waals surface area contributed by atoms with Gasteiger partial charge in [0.1, 0.15) is 17.8 Å². The highest BCUT2D eigenvalue weighted by atomic mass is 32.2. The second-order valence-electron chi connectivity index (χ2n) is 5.96. The Morgan fingerprint density at radius 2 is 2.00 bits per heavy atom. The molecule has 0 radical (unpaired) electrons. The summed E-state index contributed by atoms with van der Waals surface area (Å²) in [6.07, 6.45) is 0. The number of hydrogen-bond donors (Lipinski definition) is 5. The van der Waals surface area contributed by atoms with Crippen LogP contribution in [0.1, 0.15) is 25.5 Å². The molecule has 0 aromatic heterocycles. The van der Waals surface area contributed by atoms with E-state index < -0.39 is 22.8 Å².